The summed E-state index contributed by atoms with van der Waals surface area (Å²) in [6, 6.07) is 9.63. The first-order chi connectivity index (χ1) is 9.25. The summed E-state index contributed by atoms with van der Waals surface area (Å²) in [5.74, 6) is 0. The highest BCUT2D eigenvalue weighted by atomic mass is 32.2. The SMILES string of the molecule is C[C@@H](N)c1cccnc1Sc1nnc2ccccn12. The van der Waals surface area contributed by atoms with Gasteiger partial charge in [0, 0.05) is 24.0 Å². The van der Waals surface area contributed by atoms with Crippen molar-refractivity contribution in [1.29, 1.82) is 0 Å². The van der Waals surface area contributed by atoms with E-state index in [1.807, 2.05) is 47.9 Å². The van der Waals surface area contributed by atoms with Crippen LogP contribution in [0.2, 0.25) is 0 Å². The third-order valence-electron chi connectivity index (χ3n) is 2.76. The van der Waals surface area contributed by atoms with Crippen molar-refractivity contribution in [2.24, 2.45) is 5.73 Å². The second-order valence-electron chi connectivity index (χ2n) is 4.20. The summed E-state index contributed by atoms with van der Waals surface area (Å²) in [5.41, 5.74) is 7.80. The van der Waals surface area contributed by atoms with Crippen LogP contribution in [0.5, 0.6) is 0 Å². The van der Waals surface area contributed by atoms with Crippen molar-refractivity contribution in [3.8, 4) is 0 Å². The molecule has 3 aromatic heterocycles. The monoisotopic (exact) mass is 271 g/mol. The summed E-state index contributed by atoms with van der Waals surface area (Å²) in [5, 5.41) is 9.97. The standard InChI is InChI=1S/C13H13N5S/c1-9(14)10-5-4-7-15-12(10)19-13-17-16-11-6-2-3-8-18(11)13/h2-9H,14H2,1H3/t9-/m1/s1. The lowest BCUT2D eigenvalue weighted by atomic mass is 10.2. The Bertz CT molecular complexity index is 707. The molecule has 0 saturated heterocycles. The summed E-state index contributed by atoms with van der Waals surface area (Å²) in [7, 11) is 0. The van der Waals surface area contributed by atoms with Gasteiger partial charge >= 0.3 is 0 Å². The molecule has 0 bridgehead atoms. The van der Waals surface area contributed by atoms with Gasteiger partial charge in [-0.15, -0.1) is 10.2 Å². The van der Waals surface area contributed by atoms with E-state index >= 15 is 0 Å². The van der Waals surface area contributed by atoms with E-state index in [-0.39, 0.29) is 6.04 Å². The fraction of sp³-hybridized carbons (Fsp3) is 0.154. The first kappa shape index (κ1) is 12.1. The Labute approximate surface area is 114 Å². The van der Waals surface area contributed by atoms with Crippen molar-refractivity contribution in [2.75, 3.05) is 0 Å². The normalized spacial score (nSPS) is 12.7. The Kier molecular flexibility index (Phi) is 3.18. The number of rotatable bonds is 3. The number of hydrogen-bond donors (Lipinski definition) is 1. The van der Waals surface area contributed by atoms with Crippen molar-refractivity contribution in [3.63, 3.8) is 0 Å². The van der Waals surface area contributed by atoms with Crippen LogP contribution in [0.25, 0.3) is 5.65 Å². The van der Waals surface area contributed by atoms with Gasteiger partial charge in [-0.05, 0) is 36.9 Å². The van der Waals surface area contributed by atoms with Crippen LogP contribution in [0, 0.1) is 0 Å². The molecule has 0 fully saturated rings. The molecular formula is C13H13N5S. The van der Waals surface area contributed by atoms with Crippen LogP contribution in [-0.4, -0.2) is 19.6 Å². The molecule has 19 heavy (non-hydrogen) atoms. The molecule has 96 valence electrons. The quantitative estimate of drug-likeness (QED) is 0.791. The summed E-state index contributed by atoms with van der Waals surface area (Å²) >= 11 is 1.48. The van der Waals surface area contributed by atoms with Gasteiger partial charge in [0.15, 0.2) is 5.65 Å². The van der Waals surface area contributed by atoms with Crippen molar-refractivity contribution < 1.29 is 0 Å². The highest BCUT2D eigenvalue weighted by Gasteiger charge is 2.12. The van der Waals surface area contributed by atoms with Crippen LogP contribution >= 0.6 is 11.8 Å². The zero-order valence-electron chi connectivity index (χ0n) is 10.4. The minimum atomic E-state index is -0.0598. The van der Waals surface area contributed by atoms with Gasteiger partial charge < -0.3 is 5.73 Å². The van der Waals surface area contributed by atoms with Crippen molar-refractivity contribution in [2.45, 2.75) is 23.1 Å². The fourth-order valence-electron chi connectivity index (χ4n) is 1.81. The molecule has 3 heterocycles. The zero-order chi connectivity index (χ0) is 13.2. The van der Waals surface area contributed by atoms with Crippen LogP contribution in [0.1, 0.15) is 18.5 Å². The summed E-state index contributed by atoms with van der Waals surface area (Å²) in [4.78, 5) is 4.38. The molecule has 6 heteroatoms. The molecule has 2 N–H and O–H groups in total. The summed E-state index contributed by atoms with van der Waals surface area (Å²) in [6.07, 6.45) is 3.70. The van der Waals surface area contributed by atoms with Gasteiger partial charge in [0.05, 0.1) is 0 Å². The van der Waals surface area contributed by atoms with Gasteiger partial charge in [0.2, 0.25) is 5.16 Å². The predicted molar refractivity (Wildman–Crippen MR) is 73.9 cm³/mol. The third-order valence-corrected chi connectivity index (χ3v) is 3.76. The lowest BCUT2D eigenvalue weighted by Crippen LogP contribution is -2.07. The molecular weight excluding hydrogens is 258 g/mol. The van der Waals surface area contributed by atoms with E-state index in [2.05, 4.69) is 15.2 Å². The number of fused-ring (bicyclic) bond motifs is 1. The Morgan fingerprint density at radius 1 is 1.21 bits per heavy atom. The predicted octanol–water partition coefficient (Wildman–Crippen LogP) is 2.30. The zero-order valence-corrected chi connectivity index (χ0v) is 11.2. The average Bonchev–Trinajstić information content (AvgIpc) is 2.83. The third kappa shape index (κ3) is 2.32. The van der Waals surface area contributed by atoms with E-state index in [0.717, 1.165) is 21.4 Å². The topological polar surface area (TPSA) is 69.1 Å². The number of hydrogen-bond acceptors (Lipinski definition) is 5. The van der Waals surface area contributed by atoms with Gasteiger partial charge in [-0.25, -0.2) is 4.98 Å². The number of pyridine rings is 2. The van der Waals surface area contributed by atoms with Crippen molar-refractivity contribution in [1.82, 2.24) is 19.6 Å². The molecule has 3 rings (SSSR count). The lowest BCUT2D eigenvalue weighted by molar-refractivity contribution is 0.777. The fourth-order valence-corrected chi connectivity index (χ4v) is 2.80. The molecule has 0 aliphatic carbocycles. The van der Waals surface area contributed by atoms with Gasteiger partial charge in [-0.2, -0.15) is 0 Å². The van der Waals surface area contributed by atoms with Crippen LogP contribution in [0.3, 0.4) is 0 Å². The van der Waals surface area contributed by atoms with Crippen LogP contribution in [0.15, 0.2) is 52.9 Å². The molecule has 5 nitrogen and oxygen atoms in total. The van der Waals surface area contributed by atoms with Gasteiger partial charge in [-0.3, -0.25) is 4.40 Å². The Hall–Kier alpha value is -1.92. The van der Waals surface area contributed by atoms with E-state index in [4.69, 9.17) is 5.73 Å². The molecule has 0 aliphatic rings. The van der Waals surface area contributed by atoms with Crippen molar-refractivity contribution in [3.05, 3.63) is 48.3 Å². The second kappa shape index (κ2) is 4.99. The minimum absolute atomic E-state index is 0.0598. The number of nitrogens with two attached hydrogens (primary N) is 1. The molecule has 0 saturated carbocycles. The van der Waals surface area contributed by atoms with Crippen LogP contribution < -0.4 is 5.73 Å². The van der Waals surface area contributed by atoms with Gasteiger partial charge in [-0.1, -0.05) is 12.1 Å². The largest absolute Gasteiger partial charge is 0.324 e. The van der Waals surface area contributed by atoms with E-state index in [0.29, 0.717) is 0 Å². The molecule has 0 spiro atoms. The summed E-state index contributed by atoms with van der Waals surface area (Å²) < 4.78 is 1.93. The molecule has 0 unspecified atom stereocenters. The number of nitrogens with zero attached hydrogens (tertiary/aromatic N) is 4. The maximum atomic E-state index is 5.96. The van der Waals surface area contributed by atoms with E-state index in [1.54, 1.807) is 6.20 Å². The Balaban J connectivity index is 2.02. The molecule has 3 aromatic rings. The molecule has 0 radical (unpaired) electrons. The summed E-state index contributed by atoms with van der Waals surface area (Å²) in [6.45, 7) is 1.95. The second-order valence-corrected chi connectivity index (χ2v) is 5.16. The maximum absolute atomic E-state index is 5.96. The smallest absolute Gasteiger partial charge is 0.201 e. The molecule has 1 atom stereocenters. The Morgan fingerprint density at radius 2 is 2.11 bits per heavy atom. The highest BCUT2D eigenvalue weighted by molar-refractivity contribution is 7.99. The Morgan fingerprint density at radius 3 is 2.95 bits per heavy atom. The average molecular weight is 271 g/mol. The first-order valence-electron chi connectivity index (χ1n) is 5.94. The molecule has 0 aliphatic heterocycles. The van der Waals surface area contributed by atoms with Gasteiger partial charge in [0.25, 0.3) is 0 Å². The van der Waals surface area contributed by atoms with Crippen LogP contribution in [0.4, 0.5) is 0 Å². The highest BCUT2D eigenvalue weighted by Crippen LogP contribution is 2.29. The number of aromatic nitrogens is 4. The molecule has 0 amide bonds. The van der Waals surface area contributed by atoms with E-state index < -0.39 is 0 Å². The van der Waals surface area contributed by atoms with Crippen LogP contribution in [-0.2, 0) is 0 Å². The van der Waals surface area contributed by atoms with Gasteiger partial charge in [0.1, 0.15) is 5.03 Å². The van der Waals surface area contributed by atoms with E-state index in [1.165, 1.54) is 11.8 Å². The van der Waals surface area contributed by atoms with E-state index in [9.17, 15) is 0 Å². The maximum Gasteiger partial charge on any atom is 0.201 e. The van der Waals surface area contributed by atoms with Crippen molar-refractivity contribution >= 4 is 17.4 Å². The minimum Gasteiger partial charge on any atom is -0.324 e. The first-order valence-corrected chi connectivity index (χ1v) is 6.75. The lowest BCUT2D eigenvalue weighted by Gasteiger charge is -2.09. The molecule has 0 aromatic carbocycles.